The van der Waals surface area contributed by atoms with Gasteiger partial charge in [0, 0.05) is 0 Å². The Morgan fingerprint density at radius 3 is 2.34 bits per heavy atom. The maximum absolute atomic E-state index is 12.7. The van der Waals surface area contributed by atoms with Crippen LogP contribution in [-0.4, -0.2) is 31.7 Å². The van der Waals surface area contributed by atoms with E-state index in [1.807, 2.05) is 0 Å². The van der Waals surface area contributed by atoms with Crippen LogP contribution in [0.1, 0.15) is 11.1 Å². The summed E-state index contributed by atoms with van der Waals surface area (Å²) in [6.07, 6.45) is -3.08. The number of halogens is 3. The molecule has 0 N–H and O–H groups in total. The largest absolute Gasteiger partial charge is 0.497 e. The zero-order valence-corrected chi connectivity index (χ0v) is 15.1. The van der Waals surface area contributed by atoms with Crippen molar-refractivity contribution in [1.82, 2.24) is 24.5 Å². The van der Waals surface area contributed by atoms with Crippen LogP contribution in [0.15, 0.2) is 59.7 Å². The molecular weight excluding hydrogens is 387 g/mol. The van der Waals surface area contributed by atoms with Gasteiger partial charge in [-0.25, -0.2) is 4.98 Å². The van der Waals surface area contributed by atoms with Crippen LogP contribution in [0, 0.1) is 0 Å². The number of hydrogen-bond acceptors (Lipinski definition) is 5. The van der Waals surface area contributed by atoms with Crippen molar-refractivity contribution in [1.29, 1.82) is 0 Å². The Balaban J connectivity index is 1.65. The van der Waals surface area contributed by atoms with Crippen molar-refractivity contribution < 1.29 is 17.9 Å². The van der Waals surface area contributed by atoms with Crippen LogP contribution in [0.2, 0.25) is 0 Å². The zero-order chi connectivity index (χ0) is 20.6. The fourth-order valence-corrected chi connectivity index (χ4v) is 2.85. The first-order chi connectivity index (χ1) is 13.9. The molecular formula is C19H14F3N5O2. The van der Waals surface area contributed by atoms with E-state index in [1.54, 1.807) is 31.4 Å². The average molecular weight is 401 g/mol. The van der Waals surface area contributed by atoms with Gasteiger partial charge in [-0.05, 0) is 42.0 Å². The van der Waals surface area contributed by atoms with Gasteiger partial charge < -0.3 is 4.74 Å². The summed E-state index contributed by atoms with van der Waals surface area (Å²) in [6, 6.07) is 11.6. The third kappa shape index (κ3) is 3.56. The third-order valence-electron chi connectivity index (χ3n) is 4.38. The molecule has 0 bridgehead atoms. The number of benzene rings is 2. The summed E-state index contributed by atoms with van der Waals surface area (Å²) >= 11 is 0. The minimum atomic E-state index is -4.41. The lowest BCUT2D eigenvalue weighted by Crippen LogP contribution is -2.21. The van der Waals surface area contributed by atoms with Crippen LogP contribution in [0.3, 0.4) is 0 Å². The molecule has 7 nitrogen and oxygen atoms in total. The predicted molar refractivity (Wildman–Crippen MR) is 98.0 cm³/mol. The van der Waals surface area contributed by atoms with Gasteiger partial charge in [0.15, 0.2) is 11.2 Å². The quantitative estimate of drug-likeness (QED) is 0.526. The molecule has 0 saturated heterocycles. The molecule has 0 aliphatic rings. The lowest BCUT2D eigenvalue weighted by Gasteiger charge is -2.09. The van der Waals surface area contributed by atoms with Crippen LogP contribution in [0.25, 0.3) is 16.9 Å². The molecule has 4 aromatic rings. The number of nitrogens with zero attached hydrogens (tertiary/aromatic N) is 5. The lowest BCUT2D eigenvalue weighted by molar-refractivity contribution is -0.137. The lowest BCUT2D eigenvalue weighted by atomic mass is 10.1. The van der Waals surface area contributed by atoms with E-state index in [9.17, 15) is 18.0 Å². The summed E-state index contributed by atoms with van der Waals surface area (Å²) in [5.74, 6) is 0.671. The summed E-state index contributed by atoms with van der Waals surface area (Å²) in [5.41, 5.74) is 0.350. The van der Waals surface area contributed by atoms with Gasteiger partial charge in [0.2, 0.25) is 0 Å². The second-order valence-corrected chi connectivity index (χ2v) is 6.24. The van der Waals surface area contributed by atoms with Gasteiger partial charge in [0.25, 0.3) is 5.56 Å². The number of rotatable bonds is 4. The summed E-state index contributed by atoms with van der Waals surface area (Å²) < 4.78 is 45.9. The highest BCUT2D eigenvalue weighted by Crippen LogP contribution is 2.29. The molecule has 148 valence electrons. The average Bonchev–Trinajstić information content (AvgIpc) is 3.15. The molecule has 0 atom stereocenters. The van der Waals surface area contributed by atoms with Gasteiger partial charge >= 0.3 is 6.18 Å². The molecule has 0 saturated carbocycles. The van der Waals surface area contributed by atoms with E-state index >= 15 is 0 Å². The molecule has 0 radical (unpaired) electrons. The van der Waals surface area contributed by atoms with Gasteiger partial charge in [-0.2, -0.15) is 17.9 Å². The van der Waals surface area contributed by atoms with Crippen molar-refractivity contribution in [3.05, 3.63) is 76.3 Å². The van der Waals surface area contributed by atoms with E-state index in [2.05, 4.69) is 15.3 Å². The summed E-state index contributed by atoms with van der Waals surface area (Å²) in [6.45, 7) is 0.0648. The summed E-state index contributed by atoms with van der Waals surface area (Å²) in [7, 11) is 1.56. The van der Waals surface area contributed by atoms with Crippen LogP contribution in [0.4, 0.5) is 13.2 Å². The van der Waals surface area contributed by atoms with Crippen LogP contribution < -0.4 is 10.3 Å². The predicted octanol–water partition coefficient (Wildman–Crippen LogP) is 3.05. The number of alkyl halides is 3. The van der Waals surface area contributed by atoms with Crippen molar-refractivity contribution in [2.45, 2.75) is 12.7 Å². The highest BCUT2D eigenvalue weighted by atomic mass is 19.4. The minimum absolute atomic E-state index is 0.0648. The molecule has 0 unspecified atom stereocenters. The van der Waals surface area contributed by atoms with E-state index in [0.29, 0.717) is 17.0 Å². The molecule has 10 heteroatoms. The SMILES string of the molecule is COc1ccc(-n2nnc3c(=O)n(Cc4ccc(C(F)(F)F)cc4)cnc32)cc1. The summed E-state index contributed by atoms with van der Waals surface area (Å²) in [5, 5.41) is 7.92. The Bertz CT molecular complexity index is 1210. The van der Waals surface area contributed by atoms with Crippen LogP contribution in [-0.2, 0) is 12.7 Å². The van der Waals surface area contributed by atoms with Gasteiger partial charge in [0.1, 0.15) is 12.1 Å². The fraction of sp³-hybridized carbons (Fsp3) is 0.158. The molecule has 0 fully saturated rings. The second kappa shape index (κ2) is 7.04. The first-order valence-corrected chi connectivity index (χ1v) is 8.48. The number of fused-ring (bicyclic) bond motifs is 1. The van der Waals surface area contributed by atoms with Gasteiger partial charge in [-0.1, -0.05) is 17.3 Å². The molecule has 29 heavy (non-hydrogen) atoms. The van der Waals surface area contributed by atoms with Crippen molar-refractivity contribution in [3.63, 3.8) is 0 Å². The first-order valence-electron chi connectivity index (χ1n) is 8.48. The van der Waals surface area contributed by atoms with E-state index in [4.69, 9.17) is 4.74 Å². The van der Waals surface area contributed by atoms with E-state index in [1.165, 1.54) is 27.7 Å². The highest BCUT2D eigenvalue weighted by Gasteiger charge is 2.29. The Morgan fingerprint density at radius 2 is 1.72 bits per heavy atom. The van der Waals surface area contributed by atoms with E-state index in [0.717, 1.165) is 12.1 Å². The molecule has 4 rings (SSSR count). The minimum Gasteiger partial charge on any atom is -0.497 e. The molecule has 0 aliphatic heterocycles. The van der Waals surface area contributed by atoms with Crippen molar-refractivity contribution >= 4 is 11.2 Å². The molecule has 2 aromatic heterocycles. The monoisotopic (exact) mass is 401 g/mol. The van der Waals surface area contributed by atoms with Crippen molar-refractivity contribution in [2.24, 2.45) is 0 Å². The van der Waals surface area contributed by atoms with Crippen LogP contribution >= 0.6 is 0 Å². The number of ether oxygens (including phenoxy) is 1. The maximum Gasteiger partial charge on any atom is 0.416 e. The highest BCUT2D eigenvalue weighted by molar-refractivity contribution is 5.70. The van der Waals surface area contributed by atoms with E-state index < -0.39 is 17.3 Å². The Hall–Kier alpha value is -3.69. The Morgan fingerprint density at radius 1 is 1.03 bits per heavy atom. The van der Waals surface area contributed by atoms with Gasteiger partial charge in [-0.15, -0.1) is 5.10 Å². The molecule has 0 spiro atoms. The van der Waals surface area contributed by atoms with Gasteiger partial charge in [-0.3, -0.25) is 9.36 Å². The topological polar surface area (TPSA) is 74.8 Å². The zero-order valence-electron chi connectivity index (χ0n) is 15.1. The molecule has 2 aromatic carbocycles. The molecule has 0 aliphatic carbocycles. The smallest absolute Gasteiger partial charge is 0.416 e. The third-order valence-corrected chi connectivity index (χ3v) is 4.38. The Kier molecular flexibility index (Phi) is 4.53. The first kappa shape index (κ1) is 18.7. The number of hydrogen-bond donors (Lipinski definition) is 0. The number of aromatic nitrogens is 5. The number of methoxy groups -OCH3 is 1. The van der Waals surface area contributed by atoms with E-state index in [-0.39, 0.29) is 17.7 Å². The van der Waals surface area contributed by atoms with Crippen molar-refractivity contribution in [3.8, 4) is 11.4 Å². The summed E-state index contributed by atoms with van der Waals surface area (Å²) in [4.78, 5) is 17.0. The maximum atomic E-state index is 12.7. The van der Waals surface area contributed by atoms with Gasteiger partial charge in [0.05, 0.1) is 24.9 Å². The normalized spacial score (nSPS) is 11.7. The standard InChI is InChI=1S/C19H14F3N5O2/c1-29-15-8-6-14(7-9-15)27-17-16(24-25-27)18(28)26(11-23-17)10-12-2-4-13(5-3-12)19(20,21)22/h2-9,11H,10H2,1H3. The van der Waals surface area contributed by atoms with Crippen LogP contribution in [0.5, 0.6) is 5.75 Å². The second-order valence-electron chi connectivity index (χ2n) is 6.24. The van der Waals surface area contributed by atoms with Crippen molar-refractivity contribution in [2.75, 3.05) is 7.11 Å². The fourth-order valence-electron chi connectivity index (χ4n) is 2.85. The Labute approximate surface area is 162 Å². The molecule has 2 heterocycles. The molecule has 0 amide bonds.